The summed E-state index contributed by atoms with van der Waals surface area (Å²) in [5.74, 6) is -12.5. The second-order valence-electron chi connectivity index (χ2n) is 17.4. The van der Waals surface area contributed by atoms with E-state index in [9.17, 15) is 73.2 Å². The van der Waals surface area contributed by atoms with Gasteiger partial charge in [-0.1, -0.05) is 6.42 Å². The molecule has 0 saturated heterocycles. The molecular formula is C43H76N18O15S. The number of hydrogen-bond donors (Lipinski definition) is 21. The number of aliphatic hydroxyl groups excluding tert-OH is 3. The Balaban J connectivity index is 3.12. The zero-order valence-corrected chi connectivity index (χ0v) is 43.4. The van der Waals surface area contributed by atoms with Crippen molar-refractivity contribution in [1.82, 2.24) is 57.8 Å². The molecule has 0 bridgehead atoms. The monoisotopic (exact) mass is 1120 g/mol. The van der Waals surface area contributed by atoms with E-state index >= 15 is 0 Å². The van der Waals surface area contributed by atoms with Crippen LogP contribution in [0.25, 0.3) is 0 Å². The molecule has 1 aromatic heterocycles. The lowest BCUT2D eigenvalue weighted by molar-refractivity contribution is -0.142. The van der Waals surface area contributed by atoms with Crippen molar-refractivity contribution < 1.29 is 73.2 Å². The summed E-state index contributed by atoms with van der Waals surface area (Å²) in [5.41, 5.74) is 33.1. The highest BCUT2D eigenvalue weighted by Gasteiger charge is 2.35. The topological polar surface area (TPSA) is 574 Å². The van der Waals surface area contributed by atoms with Crippen LogP contribution in [-0.2, 0) is 59.2 Å². The summed E-state index contributed by atoms with van der Waals surface area (Å²) in [6.45, 7) is -1.33. The SMILES string of the molecule is C[C@H](NC(=O)[C@H](CO)NC(=O)[C@H](Cc1cnc[nH]1)NC(=O)[C@H](CS)NC(=O)[C@H](CO)NC(=O)[C@H](CC(N)=O)NC(=O)[C@@H](N)CCCCN)C(=O)N[C@@H](CO)C(=O)N[C@@H](CCCCN)C(=O)N[C@@H](CCCN=C(N)N)C(=O)O. The van der Waals surface area contributed by atoms with Crippen LogP contribution in [0.15, 0.2) is 17.5 Å². The van der Waals surface area contributed by atoms with E-state index in [0.29, 0.717) is 32.2 Å². The Hall–Kier alpha value is -7.24. The van der Waals surface area contributed by atoms with Gasteiger partial charge in [0, 0.05) is 30.6 Å². The summed E-state index contributed by atoms with van der Waals surface area (Å²) < 4.78 is 0. The van der Waals surface area contributed by atoms with Crippen LogP contribution in [0.3, 0.4) is 0 Å². The molecular weight excluding hydrogens is 1040 g/mol. The Morgan fingerprint density at radius 1 is 0.571 bits per heavy atom. The molecule has 1 heterocycles. The minimum atomic E-state index is -1.80. The number of aromatic amines is 1. The molecule has 10 atom stereocenters. The molecule has 0 aliphatic heterocycles. The van der Waals surface area contributed by atoms with Crippen molar-refractivity contribution in [1.29, 1.82) is 0 Å². The van der Waals surface area contributed by atoms with E-state index in [4.69, 9.17) is 34.4 Å². The first-order valence-electron chi connectivity index (χ1n) is 24.3. The maximum absolute atomic E-state index is 13.7. The predicted octanol–water partition coefficient (Wildman–Crippen LogP) is -10.2. The van der Waals surface area contributed by atoms with Gasteiger partial charge in [0.15, 0.2) is 5.96 Å². The number of aromatic nitrogens is 2. The number of aliphatic imine (C=N–C) groups is 1. The quantitative estimate of drug-likeness (QED) is 0.0126. The predicted molar refractivity (Wildman–Crippen MR) is 276 cm³/mol. The zero-order valence-electron chi connectivity index (χ0n) is 42.5. The Kier molecular flexibility index (Phi) is 32.3. The fourth-order valence-corrected chi connectivity index (χ4v) is 7.02. The number of hydrogen-bond acceptors (Lipinski definition) is 20. The zero-order chi connectivity index (χ0) is 58.2. The molecule has 0 aliphatic carbocycles. The van der Waals surface area contributed by atoms with Crippen LogP contribution in [0.1, 0.15) is 70.4 Å². The van der Waals surface area contributed by atoms with E-state index in [0.717, 1.165) is 6.92 Å². The number of thiol groups is 1. The smallest absolute Gasteiger partial charge is 0.326 e. The standard InChI is InChI=1S/C43H76N18O15S/c1-21(33(66)58-29(17-63)39(72)54-24(8-3-5-11-45)35(68)55-25(42(75)76)9-6-12-51-43(48)49)53-38(71)28(16-62)59-36(69)26(13-22-15-50-20-52-22)57-41(74)31(19-77)61-40(73)30(18-64)60-37(70)27(14-32(47)65)56-34(67)23(46)7-2-4-10-44/h15,20-21,23-31,62-64,77H,2-14,16-19,44-46H2,1H3,(H2,47,65)(H,50,52)(H,53,71)(H,54,72)(H,55,68)(H,56,67)(H,57,74)(H,58,66)(H,59,69)(H,60,70)(H,61,73)(H,75,76)(H4,48,49,51)/t21-,23-,24-,25-,26-,27-,28-,29-,30-,31-/m0/s1. The van der Waals surface area contributed by atoms with E-state index in [2.05, 4.69) is 75.4 Å². The van der Waals surface area contributed by atoms with Gasteiger partial charge in [-0.3, -0.25) is 52.9 Å². The normalized spacial score (nSPS) is 14.9. The van der Waals surface area contributed by atoms with Crippen molar-refractivity contribution in [2.24, 2.45) is 39.4 Å². The molecule has 0 saturated carbocycles. The third kappa shape index (κ3) is 25.9. The largest absolute Gasteiger partial charge is 0.480 e. The first-order valence-corrected chi connectivity index (χ1v) is 25.0. The lowest BCUT2D eigenvalue weighted by atomic mass is 10.1. The highest BCUT2D eigenvalue weighted by atomic mass is 32.1. The number of amides is 10. The number of nitrogens with two attached hydrogens (primary N) is 6. The number of rotatable bonds is 39. The van der Waals surface area contributed by atoms with Gasteiger partial charge >= 0.3 is 5.97 Å². The first kappa shape index (κ1) is 67.8. The molecule has 0 aliphatic rings. The third-order valence-electron chi connectivity index (χ3n) is 11.1. The first-order chi connectivity index (χ1) is 36.5. The van der Waals surface area contributed by atoms with E-state index in [-0.39, 0.29) is 56.8 Å². The number of guanidine groups is 1. The van der Waals surface area contributed by atoms with Gasteiger partial charge in [0.05, 0.1) is 38.6 Å². The molecule has 1 rings (SSSR count). The molecule has 1 aromatic rings. The van der Waals surface area contributed by atoms with Crippen LogP contribution in [0.5, 0.6) is 0 Å². The molecule has 26 N–H and O–H groups in total. The van der Waals surface area contributed by atoms with Crippen molar-refractivity contribution >= 4 is 83.6 Å². The number of unbranched alkanes of at least 4 members (excludes halogenated alkanes) is 2. The molecule has 77 heavy (non-hydrogen) atoms. The average molecular weight is 1120 g/mol. The number of aliphatic hydroxyl groups is 3. The van der Waals surface area contributed by atoms with Crippen molar-refractivity contribution in [3.05, 3.63) is 18.2 Å². The fourth-order valence-electron chi connectivity index (χ4n) is 6.76. The van der Waals surface area contributed by atoms with Crippen molar-refractivity contribution in [3.8, 4) is 0 Å². The van der Waals surface area contributed by atoms with Gasteiger partial charge in [0.2, 0.25) is 59.1 Å². The molecule has 0 unspecified atom stereocenters. The second kappa shape index (κ2) is 36.7. The number of carboxylic acid groups (broad SMARTS) is 1. The Bertz CT molecular complexity index is 2140. The van der Waals surface area contributed by atoms with Crippen LogP contribution >= 0.6 is 12.6 Å². The fraction of sp³-hybridized carbons (Fsp3) is 0.651. The van der Waals surface area contributed by atoms with Crippen LogP contribution in [0.2, 0.25) is 0 Å². The third-order valence-corrected chi connectivity index (χ3v) is 11.5. The van der Waals surface area contributed by atoms with Gasteiger partial charge in [-0.05, 0) is 65.0 Å². The Morgan fingerprint density at radius 2 is 1.00 bits per heavy atom. The van der Waals surface area contributed by atoms with Crippen LogP contribution < -0.4 is 82.3 Å². The van der Waals surface area contributed by atoms with E-state index in [1.165, 1.54) is 12.5 Å². The summed E-state index contributed by atoms with van der Waals surface area (Å²) in [7, 11) is 0. The van der Waals surface area contributed by atoms with Gasteiger partial charge in [-0.2, -0.15) is 12.6 Å². The van der Waals surface area contributed by atoms with Crippen molar-refractivity contribution in [3.63, 3.8) is 0 Å². The number of aliphatic carboxylic acids is 1. The molecule has 0 fully saturated rings. The molecule has 10 amide bonds. The van der Waals surface area contributed by atoms with Gasteiger partial charge in [0.25, 0.3) is 0 Å². The molecule has 434 valence electrons. The number of imidazole rings is 1. The number of H-pyrrole nitrogens is 1. The molecule has 0 radical (unpaired) electrons. The Morgan fingerprint density at radius 3 is 1.49 bits per heavy atom. The van der Waals surface area contributed by atoms with Gasteiger partial charge < -0.3 is 108 Å². The molecule has 0 spiro atoms. The summed E-state index contributed by atoms with van der Waals surface area (Å²) in [4.78, 5) is 154. The number of primary amides is 1. The number of nitrogens with zero attached hydrogens (tertiary/aromatic N) is 2. The minimum Gasteiger partial charge on any atom is -0.480 e. The second-order valence-corrected chi connectivity index (χ2v) is 17.7. The van der Waals surface area contributed by atoms with Gasteiger partial charge in [0.1, 0.15) is 54.4 Å². The number of carboxylic acids is 1. The summed E-state index contributed by atoms with van der Waals surface area (Å²) >= 11 is 4.11. The number of nitrogens with one attached hydrogen (secondary N) is 10. The van der Waals surface area contributed by atoms with Gasteiger partial charge in [-0.25, -0.2) is 9.78 Å². The summed E-state index contributed by atoms with van der Waals surface area (Å²) in [6.07, 6.45) is 3.54. The average Bonchev–Trinajstić information content (AvgIpc) is 3.90. The van der Waals surface area contributed by atoms with E-state index < -0.39 is 157 Å². The lowest BCUT2D eigenvalue weighted by Crippen LogP contribution is -2.61. The Labute approximate surface area is 447 Å². The van der Waals surface area contributed by atoms with E-state index in [1.54, 1.807) is 0 Å². The lowest BCUT2D eigenvalue weighted by Gasteiger charge is -2.26. The summed E-state index contributed by atoms with van der Waals surface area (Å²) in [5, 5.41) is 60.5. The maximum Gasteiger partial charge on any atom is 0.326 e. The number of carbonyl (C=O) groups excluding carboxylic acids is 10. The van der Waals surface area contributed by atoms with Crippen molar-refractivity contribution in [2.45, 2.75) is 132 Å². The van der Waals surface area contributed by atoms with Gasteiger partial charge in [-0.15, -0.1) is 0 Å². The summed E-state index contributed by atoms with van der Waals surface area (Å²) in [6, 6.07) is -15.5. The van der Waals surface area contributed by atoms with Crippen LogP contribution in [0, 0.1) is 0 Å². The van der Waals surface area contributed by atoms with Crippen LogP contribution in [0.4, 0.5) is 0 Å². The molecule has 0 aromatic carbocycles. The van der Waals surface area contributed by atoms with Crippen molar-refractivity contribution in [2.75, 3.05) is 45.2 Å². The molecule has 34 heteroatoms. The number of carbonyl (C=O) groups is 11. The van der Waals surface area contributed by atoms with E-state index in [1.807, 2.05) is 0 Å². The maximum atomic E-state index is 13.7. The molecule has 33 nitrogen and oxygen atoms in total. The highest BCUT2D eigenvalue weighted by Crippen LogP contribution is 2.07. The van der Waals surface area contributed by atoms with Crippen LogP contribution in [-0.4, -0.2) is 207 Å². The minimum absolute atomic E-state index is 0.0211. The highest BCUT2D eigenvalue weighted by molar-refractivity contribution is 7.80.